The summed E-state index contributed by atoms with van der Waals surface area (Å²) in [6.45, 7) is 5.55. The van der Waals surface area contributed by atoms with E-state index < -0.39 is 35.4 Å². The van der Waals surface area contributed by atoms with Gasteiger partial charge in [0.05, 0.1) is 31.6 Å². The molecular weight excluding hydrogens is 422 g/mol. The number of fused-ring (bicyclic) bond motifs is 4. The van der Waals surface area contributed by atoms with E-state index in [1.54, 1.807) is 38.3 Å². The number of ether oxygens (including phenoxy) is 1. The predicted octanol–water partition coefficient (Wildman–Crippen LogP) is 1.61. The zero-order valence-corrected chi connectivity index (χ0v) is 19.0. The highest BCUT2D eigenvalue weighted by Gasteiger charge is 2.71. The molecule has 8 heteroatoms. The van der Waals surface area contributed by atoms with Crippen molar-refractivity contribution >= 4 is 23.4 Å². The van der Waals surface area contributed by atoms with E-state index in [2.05, 4.69) is 10.6 Å². The van der Waals surface area contributed by atoms with Gasteiger partial charge in [-0.15, -0.1) is 0 Å². The van der Waals surface area contributed by atoms with Crippen LogP contribution in [0.15, 0.2) is 36.4 Å². The van der Waals surface area contributed by atoms with Crippen molar-refractivity contribution in [1.29, 1.82) is 0 Å². The average Bonchev–Trinajstić information content (AvgIpc) is 3.38. The van der Waals surface area contributed by atoms with Crippen LogP contribution < -0.4 is 15.4 Å². The predicted molar refractivity (Wildman–Crippen MR) is 120 cm³/mol. The largest absolute Gasteiger partial charge is 0.497 e. The fraction of sp³-hybridized carbons (Fsp3) is 0.400. The number of aliphatic hydroxyl groups excluding tert-OH is 1. The molecule has 0 bridgehead atoms. The molecule has 1 spiro atoms. The number of methoxy groups -OCH3 is 1. The number of anilines is 1. The standard InChI is InChI=1S/C25H27N3O5/c1-12-5-10-17-20(13(12)2)26-24(32)25(17)19-18(21(27-25)14(3)29)22(30)28(23(19)31)11-15-6-8-16(33-4)9-7-15/h5-10,14,18-19,21,27,29H,11H2,1-4H3,(H,26,32)/t14-,18+,19-,21+,25+/m1/s1. The quantitative estimate of drug-likeness (QED) is 0.612. The summed E-state index contributed by atoms with van der Waals surface area (Å²) in [6, 6.07) is 10.2. The first-order valence-electron chi connectivity index (χ1n) is 11.1. The molecule has 5 rings (SSSR count). The molecule has 33 heavy (non-hydrogen) atoms. The van der Waals surface area contributed by atoms with E-state index >= 15 is 0 Å². The molecule has 2 saturated heterocycles. The molecule has 0 aromatic heterocycles. The molecule has 3 aliphatic rings. The van der Waals surface area contributed by atoms with Crippen molar-refractivity contribution in [3.05, 3.63) is 58.7 Å². The third kappa shape index (κ3) is 2.87. The number of aliphatic hydroxyl groups is 1. The smallest absolute Gasteiger partial charge is 0.250 e. The van der Waals surface area contributed by atoms with E-state index in [-0.39, 0.29) is 18.4 Å². The SMILES string of the molecule is COc1ccc(CN2C(=O)[C@@H]3[C@H]([C@@H](C)O)N[C@]4(C(=O)Nc5c4ccc(C)c5C)[C@H]3C2=O)cc1. The summed E-state index contributed by atoms with van der Waals surface area (Å²) in [6.07, 6.45) is -0.932. The number of carbonyl (C=O) groups excluding carboxylic acids is 3. The van der Waals surface area contributed by atoms with Crippen molar-refractivity contribution in [3.63, 3.8) is 0 Å². The Labute approximate surface area is 191 Å². The summed E-state index contributed by atoms with van der Waals surface area (Å²) < 4.78 is 5.18. The van der Waals surface area contributed by atoms with Crippen molar-refractivity contribution in [2.24, 2.45) is 11.8 Å². The van der Waals surface area contributed by atoms with Gasteiger partial charge in [-0.1, -0.05) is 24.3 Å². The maximum absolute atomic E-state index is 13.7. The lowest BCUT2D eigenvalue weighted by atomic mass is 9.76. The number of amides is 3. The van der Waals surface area contributed by atoms with Crippen LogP contribution in [0.4, 0.5) is 5.69 Å². The minimum absolute atomic E-state index is 0.0959. The zero-order valence-electron chi connectivity index (χ0n) is 19.0. The molecule has 2 fully saturated rings. The number of imide groups is 1. The summed E-state index contributed by atoms with van der Waals surface area (Å²) >= 11 is 0. The second-order valence-electron chi connectivity index (χ2n) is 9.22. The number of nitrogens with one attached hydrogen (secondary N) is 2. The number of nitrogens with zero attached hydrogens (tertiary/aromatic N) is 1. The summed E-state index contributed by atoms with van der Waals surface area (Å²) in [5.74, 6) is -2.24. The highest BCUT2D eigenvalue weighted by Crippen LogP contribution is 2.54. The van der Waals surface area contributed by atoms with Crippen LogP contribution in [0.1, 0.15) is 29.2 Å². The molecule has 3 aliphatic heterocycles. The van der Waals surface area contributed by atoms with Gasteiger partial charge in [0.1, 0.15) is 11.3 Å². The van der Waals surface area contributed by atoms with Gasteiger partial charge in [0.25, 0.3) is 0 Å². The highest BCUT2D eigenvalue weighted by molar-refractivity contribution is 6.15. The van der Waals surface area contributed by atoms with Gasteiger partial charge in [0, 0.05) is 17.3 Å². The first-order chi connectivity index (χ1) is 15.7. The Morgan fingerprint density at radius 2 is 1.79 bits per heavy atom. The van der Waals surface area contributed by atoms with E-state index in [1.807, 2.05) is 26.0 Å². The third-order valence-electron chi connectivity index (χ3n) is 7.47. The molecule has 8 nitrogen and oxygen atoms in total. The molecule has 0 aliphatic carbocycles. The van der Waals surface area contributed by atoms with Gasteiger partial charge >= 0.3 is 0 Å². The maximum Gasteiger partial charge on any atom is 0.250 e. The molecule has 0 unspecified atom stereocenters. The summed E-state index contributed by atoms with van der Waals surface area (Å²) in [7, 11) is 1.57. The van der Waals surface area contributed by atoms with Gasteiger partial charge in [-0.2, -0.15) is 0 Å². The first kappa shape index (κ1) is 21.6. The van der Waals surface area contributed by atoms with Crippen molar-refractivity contribution < 1.29 is 24.2 Å². The number of benzene rings is 2. The van der Waals surface area contributed by atoms with E-state index in [1.165, 1.54) is 4.90 Å². The van der Waals surface area contributed by atoms with Crippen LogP contribution in [-0.4, -0.2) is 47.0 Å². The molecule has 172 valence electrons. The third-order valence-corrected chi connectivity index (χ3v) is 7.47. The minimum atomic E-state index is -1.40. The normalized spacial score (nSPS) is 28.8. The number of hydrogen-bond donors (Lipinski definition) is 3. The Morgan fingerprint density at radius 3 is 2.42 bits per heavy atom. The van der Waals surface area contributed by atoms with Crippen LogP contribution >= 0.6 is 0 Å². The van der Waals surface area contributed by atoms with Crippen LogP contribution in [0.2, 0.25) is 0 Å². The van der Waals surface area contributed by atoms with Crippen molar-refractivity contribution in [3.8, 4) is 5.75 Å². The van der Waals surface area contributed by atoms with Gasteiger partial charge in [0.2, 0.25) is 17.7 Å². The van der Waals surface area contributed by atoms with Crippen LogP contribution in [0.5, 0.6) is 5.75 Å². The number of likely N-dealkylation sites (tertiary alicyclic amines) is 1. The summed E-state index contributed by atoms with van der Waals surface area (Å²) in [5.41, 5.74) is 2.64. The molecule has 0 radical (unpaired) electrons. The molecule has 3 heterocycles. The second kappa shape index (κ2) is 7.40. The fourth-order valence-corrected chi connectivity index (χ4v) is 5.59. The summed E-state index contributed by atoms with van der Waals surface area (Å²) in [4.78, 5) is 41.9. The maximum atomic E-state index is 13.7. The Bertz CT molecular complexity index is 1180. The Balaban J connectivity index is 1.59. The Kier molecular flexibility index (Phi) is 4.84. The lowest BCUT2D eigenvalue weighted by Gasteiger charge is -2.30. The van der Waals surface area contributed by atoms with Crippen LogP contribution in [0.25, 0.3) is 0 Å². The van der Waals surface area contributed by atoms with Gasteiger partial charge < -0.3 is 15.2 Å². The number of aryl methyl sites for hydroxylation is 1. The lowest BCUT2D eigenvalue weighted by molar-refractivity contribution is -0.143. The molecule has 3 N–H and O–H groups in total. The van der Waals surface area contributed by atoms with Crippen LogP contribution in [0.3, 0.4) is 0 Å². The van der Waals surface area contributed by atoms with E-state index in [0.717, 1.165) is 16.7 Å². The molecular formula is C25H27N3O5. The fourth-order valence-electron chi connectivity index (χ4n) is 5.59. The van der Waals surface area contributed by atoms with E-state index in [9.17, 15) is 19.5 Å². The average molecular weight is 450 g/mol. The molecule has 2 aromatic rings. The van der Waals surface area contributed by atoms with Gasteiger partial charge in [-0.05, 0) is 49.6 Å². The van der Waals surface area contributed by atoms with Gasteiger partial charge in [-0.25, -0.2) is 0 Å². The van der Waals surface area contributed by atoms with Crippen molar-refractivity contribution in [2.75, 3.05) is 12.4 Å². The lowest BCUT2D eigenvalue weighted by Crippen LogP contribution is -2.54. The second-order valence-corrected chi connectivity index (χ2v) is 9.22. The highest BCUT2D eigenvalue weighted by atomic mass is 16.5. The van der Waals surface area contributed by atoms with Crippen LogP contribution in [-0.2, 0) is 26.5 Å². The monoisotopic (exact) mass is 449 g/mol. The minimum Gasteiger partial charge on any atom is -0.497 e. The van der Waals surface area contributed by atoms with E-state index in [4.69, 9.17) is 4.74 Å². The van der Waals surface area contributed by atoms with Crippen LogP contribution in [0, 0.1) is 25.7 Å². The van der Waals surface area contributed by atoms with Crippen molar-refractivity contribution in [2.45, 2.75) is 45.0 Å². The molecule has 2 aromatic carbocycles. The molecule has 0 saturated carbocycles. The topological polar surface area (TPSA) is 108 Å². The number of rotatable bonds is 4. The van der Waals surface area contributed by atoms with Crippen molar-refractivity contribution in [1.82, 2.24) is 10.2 Å². The molecule has 5 atom stereocenters. The number of carbonyl (C=O) groups is 3. The summed E-state index contributed by atoms with van der Waals surface area (Å²) in [5, 5.41) is 16.7. The number of hydrogen-bond acceptors (Lipinski definition) is 6. The van der Waals surface area contributed by atoms with Gasteiger partial charge in [-0.3, -0.25) is 24.6 Å². The zero-order chi connectivity index (χ0) is 23.7. The first-order valence-corrected chi connectivity index (χ1v) is 11.1. The Hall–Kier alpha value is -3.23. The molecule has 3 amide bonds. The van der Waals surface area contributed by atoms with Gasteiger partial charge in [0.15, 0.2) is 0 Å². The Morgan fingerprint density at radius 1 is 1.09 bits per heavy atom. The van der Waals surface area contributed by atoms with E-state index in [0.29, 0.717) is 17.0 Å².